The highest BCUT2D eigenvalue weighted by Crippen LogP contribution is 2.63. The number of carbonyl (C=O) groups excluding carboxylic acids is 2. The van der Waals surface area contributed by atoms with E-state index in [0.29, 0.717) is 30.9 Å². The molecule has 2 saturated heterocycles. The summed E-state index contributed by atoms with van der Waals surface area (Å²) in [5.74, 6) is -0.456. The summed E-state index contributed by atoms with van der Waals surface area (Å²) in [6.07, 6.45) is 12.1. The van der Waals surface area contributed by atoms with Crippen molar-refractivity contribution in [2.45, 2.75) is 123 Å². The van der Waals surface area contributed by atoms with Crippen molar-refractivity contribution in [1.82, 2.24) is 0 Å². The second kappa shape index (κ2) is 11.2. The topological polar surface area (TPSA) is 71.1 Å². The van der Waals surface area contributed by atoms with E-state index >= 15 is 0 Å². The largest absolute Gasteiger partial charge is 0.458 e. The van der Waals surface area contributed by atoms with E-state index in [1.165, 1.54) is 18.4 Å². The van der Waals surface area contributed by atoms with Crippen LogP contribution in [0.15, 0.2) is 23.8 Å². The van der Waals surface area contributed by atoms with Crippen molar-refractivity contribution in [1.29, 1.82) is 0 Å². The highest BCUT2D eigenvalue weighted by Gasteiger charge is 2.60. The predicted molar refractivity (Wildman–Crippen MR) is 143 cm³/mol. The molecule has 37 heavy (non-hydrogen) atoms. The van der Waals surface area contributed by atoms with Crippen molar-refractivity contribution in [3.8, 4) is 0 Å². The predicted octanol–water partition coefficient (Wildman–Crippen LogP) is 6.67. The van der Waals surface area contributed by atoms with E-state index in [0.717, 1.165) is 44.9 Å². The molecule has 0 unspecified atom stereocenters. The van der Waals surface area contributed by atoms with Crippen LogP contribution in [0.1, 0.15) is 105 Å². The van der Waals surface area contributed by atoms with Gasteiger partial charge in [-0.25, -0.2) is 4.79 Å². The van der Waals surface area contributed by atoms with Gasteiger partial charge in [0.05, 0.1) is 18.3 Å². The van der Waals surface area contributed by atoms with Crippen molar-refractivity contribution in [2.24, 2.45) is 22.7 Å². The lowest BCUT2D eigenvalue weighted by atomic mass is 9.46. The number of esters is 2. The normalized spacial score (nSPS) is 38.1. The Hall–Kier alpha value is -1.66. The maximum absolute atomic E-state index is 12.6. The van der Waals surface area contributed by atoms with E-state index in [1.54, 1.807) is 0 Å². The summed E-state index contributed by atoms with van der Waals surface area (Å²) in [7, 11) is 0. The summed E-state index contributed by atoms with van der Waals surface area (Å²) in [5.41, 5.74) is 1.74. The molecule has 0 bridgehead atoms. The molecule has 0 radical (unpaired) electrons. The summed E-state index contributed by atoms with van der Waals surface area (Å²) in [4.78, 5) is 25.0. The SMILES string of the molecule is C=C1CC[C@@H]2[C@]3(C)COC(C)(C)O[C@@H]3CC[C@@]2(C)[C@@H]1C/C=C1/C(=O)OC[C@H]1OC(=O)CCCCCCC. The van der Waals surface area contributed by atoms with Crippen LogP contribution < -0.4 is 0 Å². The fourth-order valence-corrected chi connectivity index (χ4v) is 7.60. The zero-order valence-corrected chi connectivity index (χ0v) is 23.7. The molecular formula is C31H48O6. The Morgan fingerprint density at radius 2 is 1.86 bits per heavy atom. The van der Waals surface area contributed by atoms with E-state index in [2.05, 4.69) is 27.4 Å². The number of unbranched alkanes of at least 4 members (excludes halogenated alkanes) is 4. The fraction of sp³-hybridized carbons (Fsp3) is 0.806. The molecule has 0 aromatic heterocycles. The minimum atomic E-state index is -0.605. The fourth-order valence-electron chi connectivity index (χ4n) is 7.60. The first-order valence-corrected chi connectivity index (χ1v) is 14.6. The van der Waals surface area contributed by atoms with Gasteiger partial charge in [-0.2, -0.15) is 0 Å². The van der Waals surface area contributed by atoms with Crippen LogP contribution >= 0.6 is 0 Å². The van der Waals surface area contributed by atoms with E-state index < -0.39 is 11.9 Å². The van der Waals surface area contributed by atoms with E-state index in [9.17, 15) is 9.59 Å². The van der Waals surface area contributed by atoms with Gasteiger partial charge in [-0.1, -0.05) is 64.7 Å². The van der Waals surface area contributed by atoms with Crippen molar-refractivity contribution in [3.63, 3.8) is 0 Å². The van der Waals surface area contributed by atoms with Crippen LogP contribution in [-0.2, 0) is 28.5 Å². The molecule has 4 rings (SSSR count). The van der Waals surface area contributed by atoms with Gasteiger partial charge in [0.1, 0.15) is 6.61 Å². The van der Waals surface area contributed by atoms with Crippen LogP contribution in [0.2, 0.25) is 0 Å². The van der Waals surface area contributed by atoms with Crippen LogP contribution in [0.3, 0.4) is 0 Å². The summed E-state index contributed by atoms with van der Waals surface area (Å²) in [6, 6.07) is 0. The van der Waals surface area contributed by atoms with Crippen LogP contribution in [0.4, 0.5) is 0 Å². The number of fused-ring (bicyclic) bond motifs is 3. The van der Waals surface area contributed by atoms with Crippen LogP contribution in [0.5, 0.6) is 0 Å². The molecule has 4 fully saturated rings. The van der Waals surface area contributed by atoms with Gasteiger partial charge in [-0.15, -0.1) is 0 Å². The molecule has 0 aromatic rings. The Balaban J connectivity index is 1.44. The molecule has 2 aliphatic heterocycles. The molecule has 208 valence electrons. The van der Waals surface area contributed by atoms with Gasteiger partial charge < -0.3 is 18.9 Å². The summed E-state index contributed by atoms with van der Waals surface area (Å²) < 4.78 is 23.6. The van der Waals surface area contributed by atoms with Crippen LogP contribution in [0.25, 0.3) is 0 Å². The van der Waals surface area contributed by atoms with Crippen molar-refractivity contribution >= 4 is 11.9 Å². The van der Waals surface area contributed by atoms with Crippen molar-refractivity contribution in [2.75, 3.05) is 13.2 Å². The van der Waals surface area contributed by atoms with Gasteiger partial charge >= 0.3 is 11.9 Å². The first kappa shape index (κ1) is 28.4. The highest BCUT2D eigenvalue weighted by molar-refractivity contribution is 5.92. The molecule has 6 heteroatoms. The number of hydrogen-bond donors (Lipinski definition) is 0. The zero-order chi connectivity index (χ0) is 26.8. The number of carbonyl (C=O) groups is 2. The van der Waals surface area contributed by atoms with E-state index in [-0.39, 0.29) is 41.4 Å². The molecule has 0 N–H and O–H groups in total. The number of rotatable bonds is 9. The van der Waals surface area contributed by atoms with Crippen molar-refractivity contribution < 1.29 is 28.5 Å². The monoisotopic (exact) mass is 516 g/mol. The van der Waals surface area contributed by atoms with E-state index in [4.69, 9.17) is 18.9 Å². The Labute approximate surface area is 223 Å². The van der Waals surface area contributed by atoms with Crippen LogP contribution in [0, 0.1) is 22.7 Å². The highest BCUT2D eigenvalue weighted by atomic mass is 16.7. The van der Waals surface area contributed by atoms with Crippen LogP contribution in [-0.4, -0.2) is 43.1 Å². The minimum absolute atomic E-state index is 0.0407. The Morgan fingerprint density at radius 1 is 1.11 bits per heavy atom. The molecule has 6 atom stereocenters. The van der Waals surface area contributed by atoms with Gasteiger partial charge in [0.25, 0.3) is 0 Å². The minimum Gasteiger partial charge on any atom is -0.458 e. The second-order valence-electron chi connectivity index (χ2n) is 12.8. The number of ether oxygens (including phenoxy) is 4. The molecule has 2 aliphatic carbocycles. The molecule has 0 amide bonds. The number of allylic oxidation sites excluding steroid dienone is 2. The number of hydrogen-bond acceptors (Lipinski definition) is 6. The number of cyclic esters (lactones) is 1. The summed E-state index contributed by atoms with van der Waals surface area (Å²) >= 11 is 0. The Kier molecular flexibility index (Phi) is 8.59. The van der Waals surface area contributed by atoms with Gasteiger partial charge in [0, 0.05) is 11.8 Å². The maximum Gasteiger partial charge on any atom is 0.337 e. The quantitative estimate of drug-likeness (QED) is 0.147. The first-order valence-electron chi connectivity index (χ1n) is 14.6. The smallest absolute Gasteiger partial charge is 0.337 e. The molecule has 2 heterocycles. The third-order valence-electron chi connectivity index (χ3n) is 9.75. The summed E-state index contributed by atoms with van der Waals surface area (Å²) in [5, 5.41) is 0. The molecule has 4 aliphatic rings. The van der Waals surface area contributed by atoms with Crippen molar-refractivity contribution in [3.05, 3.63) is 23.8 Å². The van der Waals surface area contributed by atoms with Gasteiger partial charge in [0.2, 0.25) is 0 Å². The van der Waals surface area contributed by atoms with Gasteiger partial charge in [-0.05, 0) is 69.6 Å². The lowest BCUT2D eigenvalue weighted by Gasteiger charge is -2.63. The molecule has 0 aromatic carbocycles. The first-order chi connectivity index (χ1) is 17.5. The summed E-state index contributed by atoms with van der Waals surface area (Å²) in [6.45, 7) is 16.2. The molecule has 0 spiro atoms. The third kappa shape index (κ3) is 5.85. The lowest BCUT2D eigenvalue weighted by Crippen LogP contribution is -2.62. The third-order valence-corrected chi connectivity index (χ3v) is 9.75. The zero-order valence-electron chi connectivity index (χ0n) is 23.7. The van der Waals surface area contributed by atoms with E-state index in [1.807, 2.05) is 19.9 Å². The Bertz CT molecular complexity index is 905. The standard InChI is InChI=1S/C31H48O6/c1-7-8-9-10-11-12-27(32)36-24-19-34-28(33)22(24)14-15-23-21(2)13-16-25-30(23,5)18-17-26-31(25,6)20-35-29(3,4)37-26/h14,23-26H,2,7-13,15-20H2,1,3-6H3/b22-14+/t23-,24-,25+,26-,30+,31+/m1/s1. The molecule has 6 nitrogen and oxygen atoms in total. The average Bonchev–Trinajstić information content (AvgIpc) is 3.17. The Morgan fingerprint density at radius 3 is 2.62 bits per heavy atom. The average molecular weight is 517 g/mol. The molecule has 2 saturated carbocycles. The van der Waals surface area contributed by atoms with Gasteiger partial charge in [0.15, 0.2) is 11.9 Å². The lowest BCUT2D eigenvalue weighted by molar-refractivity contribution is -0.344. The van der Waals surface area contributed by atoms with Gasteiger partial charge in [-0.3, -0.25) is 4.79 Å². The second-order valence-corrected chi connectivity index (χ2v) is 12.8. The molecular weight excluding hydrogens is 468 g/mol. The maximum atomic E-state index is 12.6.